The smallest absolute Gasteiger partial charge is 0.160 e. The highest BCUT2D eigenvalue weighted by Gasteiger charge is 2.58. The second kappa shape index (κ2) is 10.3. The van der Waals surface area contributed by atoms with E-state index in [1.165, 1.54) is 44.1 Å². The Morgan fingerprint density at radius 3 is 1.94 bits per heavy atom. The number of para-hydroxylation sites is 2. The SMILES string of the molecule is C1=CC2c3ccccc3C3(c4ccccc4-c4c(-c5ccccc5)nc(-c5ccc(-n6c7ccccc7c7ccccc76)cc5)nc43)C2C=C1. The maximum atomic E-state index is 5.67. The first kappa shape index (κ1) is 27.6. The number of allylic oxidation sites excluding steroid dienone is 4. The monoisotopic (exact) mass is 637 g/mol. The lowest BCUT2D eigenvalue weighted by Gasteiger charge is -2.35. The molecule has 3 atom stereocenters. The van der Waals surface area contributed by atoms with E-state index in [2.05, 4.69) is 181 Å². The van der Waals surface area contributed by atoms with Gasteiger partial charge in [-0.1, -0.05) is 140 Å². The Kier molecular flexibility index (Phi) is 5.71. The maximum absolute atomic E-state index is 5.67. The standard InChI is InChI=1S/C47H31N3/c1-2-14-30(15-3-1)44-43-37-20-6-11-23-40(37)47(38-21-9-4-16-33(38)34-17-5-10-22-39(34)47)45(43)49-46(48-44)31-26-28-32(29-27-31)50-41-24-12-7-18-35(41)36-19-8-13-25-42(36)50/h1-29,33,38H. The molecule has 0 aliphatic heterocycles. The molecule has 2 heterocycles. The van der Waals surface area contributed by atoms with Crippen LogP contribution in [0.2, 0.25) is 0 Å². The minimum Gasteiger partial charge on any atom is -0.309 e. The van der Waals surface area contributed by atoms with Crippen LogP contribution < -0.4 is 0 Å². The minimum absolute atomic E-state index is 0.205. The highest BCUT2D eigenvalue weighted by atomic mass is 15.0. The number of nitrogens with zero attached hydrogens (tertiary/aromatic N) is 3. The largest absolute Gasteiger partial charge is 0.309 e. The average molecular weight is 638 g/mol. The van der Waals surface area contributed by atoms with Gasteiger partial charge in [-0.25, -0.2) is 9.97 Å². The molecule has 3 heteroatoms. The van der Waals surface area contributed by atoms with Crippen molar-refractivity contribution in [1.82, 2.24) is 14.5 Å². The van der Waals surface area contributed by atoms with Crippen LogP contribution in [0.5, 0.6) is 0 Å². The summed E-state index contributed by atoms with van der Waals surface area (Å²) < 4.78 is 2.36. The van der Waals surface area contributed by atoms with E-state index in [0.29, 0.717) is 0 Å². The number of hydrogen-bond donors (Lipinski definition) is 0. The summed E-state index contributed by atoms with van der Waals surface area (Å²) in [5, 5.41) is 2.52. The first-order valence-electron chi connectivity index (χ1n) is 17.4. The van der Waals surface area contributed by atoms with Crippen molar-refractivity contribution < 1.29 is 0 Å². The second-order valence-electron chi connectivity index (χ2n) is 13.7. The highest BCUT2D eigenvalue weighted by Crippen LogP contribution is 2.65. The Morgan fingerprint density at radius 2 is 1.16 bits per heavy atom. The summed E-state index contributed by atoms with van der Waals surface area (Å²) in [6.07, 6.45) is 9.23. The van der Waals surface area contributed by atoms with Crippen LogP contribution in [0.3, 0.4) is 0 Å². The molecule has 234 valence electrons. The first-order chi connectivity index (χ1) is 24.8. The van der Waals surface area contributed by atoms with Crippen LogP contribution in [0.25, 0.3) is 61.3 Å². The molecule has 0 N–H and O–H groups in total. The van der Waals surface area contributed by atoms with Gasteiger partial charge in [0.15, 0.2) is 5.82 Å². The van der Waals surface area contributed by atoms with Gasteiger partial charge in [-0.3, -0.25) is 0 Å². The number of benzene rings is 6. The Balaban J connectivity index is 1.17. The van der Waals surface area contributed by atoms with E-state index in [0.717, 1.165) is 39.6 Å². The fourth-order valence-electron chi connectivity index (χ4n) is 9.32. The van der Waals surface area contributed by atoms with Gasteiger partial charge >= 0.3 is 0 Å². The van der Waals surface area contributed by atoms with E-state index in [4.69, 9.17) is 9.97 Å². The van der Waals surface area contributed by atoms with Gasteiger partial charge in [0, 0.05) is 45.0 Å². The second-order valence-corrected chi connectivity index (χ2v) is 13.7. The summed E-state index contributed by atoms with van der Waals surface area (Å²) in [5.74, 6) is 1.23. The molecular weight excluding hydrogens is 607 g/mol. The quantitative estimate of drug-likeness (QED) is 0.193. The summed E-state index contributed by atoms with van der Waals surface area (Å²) in [6, 6.07) is 54.8. The van der Waals surface area contributed by atoms with Crippen molar-refractivity contribution in [2.75, 3.05) is 0 Å². The van der Waals surface area contributed by atoms with Crippen molar-refractivity contribution in [2.45, 2.75) is 11.3 Å². The fraction of sp³-hybridized carbons (Fsp3) is 0.0638. The maximum Gasteiger partial charge on any atom is 0.160 e. The molecule has 0 amide bonds. The molecule has 0 saturated carbocycles. The van der Waals surface area contributed by atoms with Gasteiger partial charge in [0.25, 0.3) is 0 Å². The zero-order valence-electron chi connectivity index (χ0n) is 27.2. The normalized spacial score (nSPS) is 19.5. The summed E-state index contributed by atoms with van der Waals surface area (Å²) in [4.78, 5) is 11.1. The van der Waals surface area contributed by atoms with Gasteiger partial charge in [0.1, 0.15) is 0 Å². The lowest BCUT2D eigenvalue weighted by atomic mass is 9.67. The molecule has 3 nitrogen and oxygen atoms in total. The summed E-state index contributed by atoms with van der Waals surface area (Å²) in [6.45, 7) is 0. The summed E-state index contributed by atoms with van der Waals surface area (Å²) in [5.41, 5.74) is 13.7. The molecule has 0 bridgehead atoms. The lowest BCUT2D eigenvalue weighted by molar-refractivity contribution is 0.456. The third-order valence-electron chi connectivity index (χ3n) is 11.3. The van der Waals surface area contributed by atoms with E-state index in [-0.39, 0.29) is 11.8 Å². The molecule has 3 unspecified atom stereocenters. The van der Waals surface area contributed by atoms with E-state index in [1.807, 2.05) is 0 Å². The van der Waals surface area contributed by atoms with E-state index >= 15 is 0 Å². The topological polar surface area (TPSA) is 30.7 Å². The number of aromatic nitrogens is 3. The van der Waals surface area contributed by atoms with Crippen molar-refractivity contribution in [3.05, 3.63) is 198 Å². The Morgan fingerprint density at radius 1 is 0.520 bits per heavy atom. The van der Waals surface area contributed by atoms with E-state index in [9.17, 15) is 0 Å². The zero-order chi connectivity index (χ0) is 32.8. The van der Waals surface area contributed by atoms with E-state index in [1.54, 1.807) is 0 Å². The Bertz CT molecular complexity index is 2660. The van der Waals surface area contributed by atoms with Gasteiger partial charge in [-0.15, -0.1) is 0 Å². The molecule has 8 aromatic rings. The molecule has 50 heavy (non-hydrogen) atoms. The molecule has 0 fully saturated rings. The van der Waals surface area contributed by atoms with Crippen LogP contribution >= 0.6 is 0 Å². The number of rotatable bonds is 3. The summed E-state index contributed by atoms with van der Waals surface area (Å²) >= 11 is 0. The van der Waals surface area contributed by atoms with Gasteiger partial charge in [0.05, 0.1) is 27.8 Å². The van der Waals surface area contributed by atoms with Crippen LogP contribution in [0, 0.1) is 5.92 Å². The van der Waals surface area contributed by atoms with Crippen molar-refractivity contribution in [3.63, 3.8) is 0 Å². The van der Waals surface area contributed by atoms with Crippen LogP contribution in [-0.4, -0.2) is 14.5 Å². The number of hydrogen-bond acceptors (Lipinski definition) is 2. The van der Waals surface area contributed by atoms with Crippen LogP contribution in [0.15, 0.2) is 176 Å². The minimum atomic E-state index is -0.432. The van der Waals surface area contributed by atoms with Crippen molar-refractivity contribution >= 4 is 21.8 Å². The first-order valence-corrected chi connectivity index (χ1v) is 17.4. The third-order valence-corrected chi connectivity index (χ3v) is 11.3. The third kappa shape index (κ3) is 3.59. The van der Waals surface area contributed by atoms with E-state index < -0.39 is 5.41 Å². The number of fused-ring (bicyclic) bond motifs is 13. The summed E-state index contributed by atoms with van der Waals surface area (Å²) in [7, 11) is 0. The van der Waals surface area contributed by atoms with Crippen LogP contribution in [0.1, 0.15) is 28.3 Å². The predicted octanol–water partition coefficient (Wildman–Crippen LogP) is 11.1. The zero-order valence-corrected chi connectivity index (χ0v) is 27.2. The average Bonchev–Trinajstić information content (AvgIpc) is 3.80. The van der Waals surface area contributed by atoms with Crippen molar-refractivity contribution in [2.24, 2.45) is 5.92 Å². The predicted molar refractivity (Wildman–Crippen MR) is 204 cm³/mol. The Hall–Kier alpha value is -6.32. The highest BCUT2D eigenvalue weighted by molar-refractivity contribution is 6.09. The van der Waals surface area contributed by atoms with Gasteiger partial charge in [-0.2, -0.15) is 0 Å². The lowest BCUT2D eigenvalue weighted by Crippen LogP contribution is -2.34. The van der Waals surface area contributed by atoms with Crippen LogP contribution in [-0.2, 0) is 5.41 Å². The van der Waals surface area contributed by atoms with Crippen molar-refractivity contribution in [1.29, 1.82) is 0 Å². The molecule has 2 aromatic heterocycles. The molecule has 0 saturated heterocycles. The molecule has 0 radical (unpaired) electrons. The molecule has 11 rings (SSSR count). The molecule has 6 aromatic carbocycles. The van der Waals surface area contributed by atoms with Gasteiger partial charge in [-0.05, 0) is 58.7 Å². The molecule has 1 spiro atoms. The fourth-order valence-corrected chi connectivity index (χ4v) is 9.32. The molecule has 3 aliphatic carbocycles. The van der Waals surface area contributed by atoms with Gasteiger partial charge in [0.2, 0.25) is 0 Å². The molecule has 3 aliphatic rings. The van der Waals surface area contributed by atoms with Crippen molar-refractivity contribution in [3.8, 4) is 39.5 Å². The van der Waals surface area contributed by atoms with Gasteiger partial charge < -0.3 is 4.57 Å². The van der Waals surface area contributed by atoms with Crippen LogP contribution in [0.4, 0.5) is 0 Å². The molecular formula is C47H31N3. The Labute approximate surface area is 290 Å².